The number of morpholine rings is 1. The van der Waals surface area contributed by atoms with Crippen molar-refractivity contribution in [2.75, 3.05) is 39.4 Å². The molecule has 0 radical (unpaired) electrons. The number of benzene rings is 1. The van der Waals surface area contributed by atoms with Crippen LogP contribution in [0.15, 0.2) is 45.8 Å². The molecule has 0 spiro atoms. The first-order valence-electron chi connectivity index (χ1n) is 9.80. The zero-order valence-electron chi connectivity index (χ0n) is 16.6. The summed E-state index contributed by atoms with van der Waals surface area (Å²) in [7, 11) is 0. The number of aryl methyl sites for hydroxylation is 1. The molecule has 1 atom stereocenters. The Bertz CT molecular complexity index is 754. The standard InChI is InChI=1S/C21H29FN4O2/c1-3-23-21(24-14-17-5-7-18(22)8-6-17)25-15-19(20-9-4-16(2)28-20)26-10-12-27-13-11-26/h4-9,19H,3,10-15H2,1-2H3,(H2,23,24,25). The third-order valence-corrected chi connectivity index (χ3v) is 4.72. The molecule has 28 heavy (non-hydrogen) atoms. The molecule has 6 nitrogen and oxygen atoms in total. The highest BCUT2D eigenvalue weighted by atomic mass is 19.1. The monoisotopic (exact) mass is 388 g/mol. The molecule has 1 aliphatic heterocycles. The Morgan fingerprint density at radius 1 is 1.14 bits per heavy atom. The first-order chi connectivity index (χ1) is 13.7. The predicted molar refractivity (Wildman–Crippen MR) is 108 cm³/mol. The fourth-order valence-electron chi connectivity index (χ4n) is 3.23. The van der Waals surface area contributed by atoms with E-state index in [9.17, 15) is 4.39 Å². The van der Waals surface area contributed by atoms with Crippen molar-refractivity contribution in [3.05, 3.63) is 59.3 Å². The molecule has 0 saturated carbocycles. The van der Waals surface area contributed by atoms with Crippen molar-refractivity contribution in [2.45, 2.75) is 26.4 Å². The molecule has 1 aromatic carbocycles. The van der Waals surface area contributed by atoms with Crippen LogP contribution in [0, 0.1) is 12.7 Å². The van der Waals surface area contributed by atoms with Crippen LogP contribution in [0.25, 0.3) is 0 Å². The van der Waals surface area contributed by atoms with E-state index in [2.05, 4.69) is 20.5 Å². The second-order valence-corrected chi connectivity index (χ2v) is 6.82. The third kappa shape index (κ3) is 5.81. The van der Waals surface area contributed by atoms with Gasteiger partial charge in [0.1, 0.15) is 17.3 Å². The summed E-state index contributed by atoms with van der Waals surface area (Å²) in [4.78, 5) is 7.00. The lowest BCUT2D eigenvalue weighted by molar-refractivity contribution is 0.0124. The average Bonchev–Trinajstić information content (AvgIpc) is 3.14. The smallest absolute Gasteiger partial charge is 0.191 e. The quantitative estimate of drug-likeness (QED) is 0.564. The molecular formula is C21H29FN4O2. The van der Waals surface area contributed by atoms with Crippen LogP contribution < -0.4 is 10.6 Å². The van der Waals surface area contributed by atoms with Gasteiger partial charge in [-0.1, -0.05) is 12.1 Å². The van der Waals surface area contributed by atoms with Gasteiger partial charge in [-0.15, -0.1) is 0 Å². The van der Waals surface area contributed by atoms with Gasteiger partial charge in [0.15, 0.2) is 5.96 Å². The Balaban J connectivity index is 1.67. The summed E-state index contributed by atoms with van der Waals surface area (Å²) in [6.07, 6.45) is 0. The second-order valence-electron chi connectivity index (χ2n) is 6.82. The van der Waals surface area contributed by atoms with Gasteiger partial charge >= 0.3 is 0 Å². The summed E-state index contributed by atoms with van der Waals surface area (Å²) in [5, 5.41) is 6.70. The Morgan fingerprint density at radius 3 is 2.54 bits per heavy atom. The molecular weight excluding hydrogens is 359 g/mol. The van der Waals surface area contributed by atoms with E-state index in [1.807, 2.05) is 26.0 Å². The first-order valence-corrected chi connectivity index (χ1v) is 9.80. The van der Waals surface area contributed by atoms with Crippen molar-refractivity contribution in [3.63, 3.8) is 0 Å². The lowest BCUT2D eigenvalue weighted by Gasteiger charge is -2.33. The van der Waals surface area contributed by atoms with E-state index in [0.29, 0.717) is 13.1 Å². The maximum Gasteiger partial charge on any atom is 0.191 e. The van der Waals surface area contributed by atoms with Crippen LogP contribution >= 0.6 is 0 Å². The number of aliphatic imine (C=N–C) groups is 1. The molecule has 0 amide bonds. The first kappa shape index (κ1) is 20.4. The highest BCUT2D eigenvalue weighted by Crippen LogP contribution is 2.23. The van der Waals surface area contributed by atoms with Crippen molar-refractivity contribution >= 4 is 5.96 Å². The molecule has 1 fully saturated rings. The van der Waals surface area contributed by atoms with E-state index >= 15 is 0 Å². The summed E-state index contributed by atoms with van der Waals surface area (Å²) in [5.74, 6) is 2.35. The van der Waals surface area contributed by atoms with Gasteiger partial charge in [0.25, 0.3) is 0 Å². The summed E-state index contributed by atoms with van der Waals surface area (Å²) in [6.45, 7) is 9.11. The lowest BCUT2D eigenvalue weighted by atomic mass is 10.1. The Kier molecular flexibility index (Phi) is 7.45. The number of rotatable bonds is 7. The summed E-state index contributed by atoms with van der Waals surface area (Å²) < 4.78 is 24.5. The number of furan rings is 1. The van der Waals surface area contributed by atoms with E-state index in [-0.39, 0.29) is 11.9 Å². The van der Waals surface area contributed by atoms with Crippen LogP contribution in [0.3, 0.4) is 0 Å². The SMILES string of the molecule is CCNC(=NCc1ccc(F)cc1)NCC(c1ccc(C)o1)N1CCOCC1. The van der Waals surface area contributed by atoms with Gasteiger partial charge in [-0.25, -0.2) is 9.38 Å². The van der Waals surface area contributed by atoms with Crippen LogP contribution in [0.4, 0.5) is 4.39 Å². The third-order valence-electron chi connectivity index (χ3n) is 4.72. The normalized spacial score (nSPS) is 16.8. The molecule has 0 aliphatic carbocycles. The fourth-order valence-corrected chi connectivity index (χ4v) is 3.23. The minimum atomic E-state index is -0.236. The molecule has 2 N–H and O–H groups in total. The van der Waals surface area contributed by atoms with Crippen molar-refractivity contribution < 1.29 is 13.5 Å². The van der Waals surface area contributed by atoms with Crippen LogP contribution in [-0.2, 0) is 11.3 Å². The van der Waals surface area contributed by atoms with Crippen LogP contribution in [-0.4, -0.2) is 50.3 Å². The van der Waals surface area contributed by atoms with Crippen LogP contribution in [0.2, 0.25) is 0 Å². The van der Waals surface area contributed by atoms with E-state index in [1.54, 1.807) is 12.1 Å². The van der Waals surface area contributed by atoms with Gasteiger partial charge in [-0.2, -0.15) is 0 Å². The average molecular weight is 388 g/mol. The van der Waals surface area contributed by atoms with Crippen molar-refractivity contribution in [1.29, 1.82) is 0 Å². The van der Waals surface area contributed by atoms with Gasteiger partial charge in [0.2, 0.25) is 0 Å². The largest absolute Gasteiger partial charge is 0.465 e. The number of hydrogen-bond acceptors (Lipinski definition) is 4. The van der Waals surface area contributed by atoms with Gasteiger partial charge in [0, 0.05) is 26.2 Å². The summed E-state index contributed by atoms with van der Waals surface area (Å²) >= 11 is 0. The number of nitrogens with zero attached hydrogens (tertiary/aromatic N) is 2. The van der Waals surface area contributed by atoms with Crippen LogP contribution in [0.1, 0.15) is 30.0 Å². The summed E-state index contributed by atoms with van der Waals surface area (Å²) in [6, 6.07) is 10.6. The lowest BCUT2D eigenvalue weighted by Crippen LogP contribution is -2.46. The van der Waals surface area contributed by atoms with E-state index < -0.39 is 0 Å². The Morgan fingerprint density at radius 2 is 1.89 bits per heavy atom. The zero-order valence-corrected chi connectivity index (χ0v) is 16.6. The van der Waals surface area contributed by atoms with Crippen molar-refractivity contribution in [2.24, 2.45) is 4.99 Å². The van der Waals surface area contributed by atoms with Crippen molar-refractivity contribution in [1.82, 2.24) is 15.5 Å². The van der Waals surface area contributed by atoms with E-state index in [4.69, 9.17) is 9.15 Å². The number of halogens is 1. The molecule has 0 bridgehead atoms. The second kappa shape index (κ2) is 10.2. The molecule has 1 aromatic heterocycles. The van der Waals surface area contributed by atoms with Gasteiger partial charge in [-0.3, -0.25) is 4.90 Å². The molecule has 152 valence electrons. The topological polar surface area (TPSA) is 62.0 Å². The highest BCUT2D eigenvalue weighted by molar-refractivity contribution is 5.79. The molecule has 1 saturated heterocycles. The minimum absolute atomic E-state index is 0.104. The maximum atomic E-state index is 13.1. The fraction of sp³-hybridized carbons (Fsp3) is 0.476. The number of nitrogens with one attached hydrogen (secondary N) is 2. The van der Waals surface area contributed by atoms with Gasteiger partial charge in [0.05, 0.1) is 25.8 Å². The Labute approximate surface area is 165 Å². The summed E-state index contributed by atoms with van der Waals surface area (Å²) in [5.41, 5.74) is 0.963. The zero-order chi connectivity index (χ0) is 19.8. The minimum Gasteiger partial charge on any atom is -0.465 e. The van der Waals surface area contributed by atoms with Crippen LogP contribution in [0.5, 0.6) is 0 Å². The molecule has 2 aromatic rings. The Hall–Kier alpha value is -2.38. The molecule has 7 heteroatoms. The maximum absolute atomic E-state index is 13.1. The molecule has 2 heterocycles. The predicted octanol–water partition coefficient (Wildman–Crippen LogP) is 2.86. The molecule has 1 unspecified atom stereocenters. The van der Waals surface area contributed by atoms with Gasteiger partial charge in [-0.05, 0) is 43.7 Å². The molecule has 3 rings (SSSR count). The van der Waals surface area contributed by atoms with E-state index in [0.717, 1.165) is 55.9 Å². The van der Waals surface area contributed by atoms with Gasteiger partial charge < -0.3 is 19.8 Å². The highest BCUT2D eigenvalue weighted by Gasteiger charge is 2.25. The van der Waals surface area contributed by atoms with Crippen molar-refractivity contribution in [3.8, 4) is 0 Å². The number of guanidine groups is 1. The van der Waals surface area contributed by atoms with E-state index in [1.165, 1.54) is 12.1 Å². The number of ether oxygens (including phenoxy) is 1. The number of hydrogen-bond donors (Lipinski definition) is 2. The molecule has 1 aliphatic rings.